The summed E-state index contributed by atoms with van der Waals surface area (Å²) in [7, 11) is 0. The highest BCUT2D eigenvalue weighted by Gasteiger charge is 2.47. The maximum Gasteiger partial charge on any atom is 0.0192 e. The van der Waals surface area contributed by atoms with Crippen molar-refractivity contribution in [2.75, 3.05) is 0 Å². The lowest BCUT2D eigenvalue weighted by molar-refractivity contribution is 0.207. The van der Waals surface area contributed by atoms with Gasteiger partial charge in [0, 0.05) is 11.6 Å². The second-order valence-corrected chi connectivity index (χ2v) is 4.28. The molecule has 0 amide bonds. The first-order chi connectivity index (χ1) is 4.38. The molecular weight excluding hydrogens is 124 g/mol. The number of hydrogen-bond acceptors (Lipinski definition) is 2. The van der Waals surface area contributed by atoms with Crippen LogP contribution in [0.5, 0.6) is 0 Å². The van der Waals surface area contributed by atoms with Gasteiger partial charge in [-0.15, -0.1) is 0 Å². The van der Waals surface area contributed by atoms with Gasteiger partial charge in [-0.25, -0.2) is 0 Å². The zero-order valence-electron chi connectivity index (χ0n) is 7.15. The third-order valence-corrected chi connectivity index (χ3v) is 3.37. The molecule has 0 radical (unpaired) electrons. The topological polar surface area (TPSA) is 52.0 Å². The normalized spacial score (nSPS) is 45.9. The van der Waals surface area contributed by atoms with Crippen LogP contribution >= 0.6 is 0 Å². The average Bonchev–Trinajstić information content (AvgIpc) is 1.94. The molecule has 0 heterocycles. The molecule has 2 nitrogen and oxygen atoms in total. The Morgan fingerprint density at radius 1 is 1.30 bits per heavy atom. The quantitative estimate of drug-likeness (QED) is 0.527. The van der Waals surface area contributed by atoms with Gasteiger partial charge >= 0.3 is 0 Å². The molecule has 10 heavy (non-hydrogen) atoms. The third-order valence-electron chi connectivity index (χ3n) is 3.37. The molecule has 0 spiro atoms. The van der Waals surface area contributed by atoms with E-state index in [1.165, 1.54) is 0 Å². The predicted molar refractivity (Wildman–Crippen MR) is 43.6 cm³/mol. The summed E-state index contributed by atoms with van der Waals surface area (Å²) in [5, 5.41) is 0. The molecule has 2 heteroatoms. The molecule has 0 aromatic rings. The second kappa shape index (κ2) is 1.95. The SMILES string of the molecule is CC1(C)[C@H](N)CC[C@]1(C)N. The first-order valence-electron chi connectivity index (χ1n) is 3.92. The number of nitrogens with two attached hydrogens (primary N) is 2. The molecule has 2 atom stereocenters. The van der Waals surface area contributed by atoms with Gasteiger partial charge in [0.05, 0.1) is 0 Å². The van der Waals surface area contributed by atoms with Crippen LogP contribution in [0.3, 0.4) is 0 Å². The summed E-state index contributed by atoms with van der Waals surface area (Å²) in [5.74, 6) is 0. The molecule has 60 valence electrons. The molecule has 1 aliphatic rings. The fourth-order valence-electron chi connectivity index (χ4n) is 1.56. The molecule has 0 bridgehead atoms. The molecular formula is C8H18N2. The molecule has 0 aliphatic heterocycles. The maximum atomic E-state index is 6.07. The van der Waals surface area contributed by atoms with Crippen molar-refractivity contribution < 1.29 is 0 Å². The largest absolute Gasteiger partial charge is 0.327 e. The predicted octanol–water partition coefficient (Wildman–Crippen LogP) is 0.851. The molecule has 1 aliphatic carbocycles. The Bertz CT molecular complexity index is 138. The van der Waals surface area contributed by atoms with E-state index in [-0.39, 0.29) is 17.0 Å². The van der Waals surface area contributed by atoms with Gasteiger partial charge in [0.15, 0.2) is 0 Å². The molecule has 0 aromatic heterocycles. The number of rotatable bonds is 0. The minimum Gasteiger partial charge on any atom is -0.327 e. The van der Waals surface area contributed by atoms with E-state index in [4.69, 9.17) is 11.5 Å². The van der Waals surface area contributed by atoms with Crippen molar-refractivity contribution in [1.29, 1.82) is 0 Å². The second-order valence-electron chi connectivity index (χ2n) is 4.28. The van der Waals surface area contributed by atoms with Gasteiger partial charge in [-0.1, -0.05) is 13.8 Å². The molecule has 1 saturated carbocycles. The van der Waals surface area contributed by atoms with E-state index in [2.05, 4.69) is 20.8 Å². The third kappa shape index (κ3) is 0.867. The van der Waals surface area contributed by atoms with Gasteiger partial charge in [0.1, 0.15) is 0 Å². The van der Waals surface area contributed by atoms with Crippen molar-refractivity contribution in [3.05, 3.63) is 0 Å². The van der Waals surface area contributed by atoms with Crippen LogP contribution in [0.25, 0.3) is 0 Å². The van der Waals surface area contributed by atoms with Gasteiger partial charge in [0.2, 0.25) is 0 Å². The average molecular weight is 142 g/mol. The van der Waals surface area contributed by atoms with Crippen LogP contribution < -0.4 is 11.5 Å². The van der Waals surface area contributed by atoms with E-state index in [1.54, 1.807) is 0 Å². The maximum absolute atomic E-state index is 6.07. The first-order valence-corrected chi connectivity index (χ1v) is 3.92. The lowest BCUT2D eigenvalue weighted by atomic mass is 9.75. The van der Waals surface area contributed by atoms with E-state index in [0.29, 0.717) is 0 Å². The molecule has 1 rings (SSSR count). The Balaban J connectivity index is 2.84. The van der Waals surface area contributed by atoms with Crippen molar-refractivity contribution in [3.8, 4) is 0 Å². The zero-order valence-corrected chi connectivity index (χ0v) is 7.15. The minimum absolute atomic E-state index is 0.0631. The molecule has 0 aromatic carbocycles. The standard InChI is InChI=1S/C8H18N2/c1-7(2)6(9)4-5-8(7,3)10/h6H,4-5,9-10H2,1-3H3/t6-,8+/m1/s1. The lowest BCUT2D eigenvalue weighted by Gasteiger charge is -2.37. The van der Waals surface area contributed by atoms with Crippen LogP contribution in [0.2, 0.25) is 0 Å². The summed E-state index contributed by atoms with van der Waals surface area (Å²) in [6, 6.07) is 0.280. The Morgan fingerprint density at radius 2 is 1.80 bits per heavy atom. The van der Waals surface area contributed by atoms with Crippen molar-refractivity contribution in [2.45, 2.75) is 45.2 Å². The van der Waals surface area contributed by atoms with Crippen LogP contribution in [0, 0.1) is 5.41 Å². The van der Waals surface area contributed by atoms with Crippen LogP contribution in [0.15, 0.2) is 0 Å². The van der Waals surface area contributed by atoms with E-state index < -0.39 is 0 Å². The highest BCUT2D eigenvalue weighted by molar-refractivity contribution is 5.06. The van der Waals surface area contributed by atoms with Crippen LogP contribution in [0.4, 0.5) is 0 Å². The van der Waals surface area contributed by atoms with Gasteiger partial charge in [0.25, 0.3) is 0 Å². The Hall–Kier alpha value is -0.0800. The van der Waals surface area contributed by atoms with Gasteiger partial charge in [-0.2, -0.15) is 0 Å². The van der Waals surface area contributed by atoms with Crippen molar-refractivity contribution in [1.82, 2.24) is 0 Å². The summed E-state index contributed by atoms with van der Waals surface area (Å²) in [6.07, 6.45) is 2.13. The number of hydrogen-bond donors (Lipinski definition) is 2. The minimum atomic E-state index is -0.0631. The van der Waals surface area contributed by atoms with E-state index in [1.807, 2.05) is 0 Å². The summed E-state index contributed by atoms with van der Waals surface area (Å²) in [6.45, 7) is 6.41. The Morgan fingerprint density at radius 3 is 1.90 bits per heavy atom. The first kappa shape index (κ1) is 8.02. The smallest absolute Gasteiger partial charge is 0.0192 e. The molecule has 0 saturated heterocycles. The zero-order chi connectivity index (χ0) is 7.99. The Kier molecular flexibility index (Phi) is 1.57. The van der Waals surface area contributed by atoms with E-state index in [0.717, 1.165) is 12.8 Å². The van der Waals surface area contributed by atoms with Crippen LogP contribution in [-0.4, -0.2) is 11.6 Å². The van der Waals surface area contributed by atoms with Crippen LogP contribution in [-0.2, 0) is 0 Å². The summed E-state index contributed by atoms with van der Waals surface area (Å²) < 4.78 is 0. The summed E-state index contributed by atoms with van der Waals surface area (Å²) >= 11 is 0. The van der Waals surface area contributed by atoms with Gasteiger partial charge in [-0.05, 0) is 25.2 Å². The van der Waals surface area contributed by atoms with E-state index in [9.17, 15) is 0 Å². The lowest BCUT2D eigenvalue weighted by Crippen LogP contribution is -2.51. The van der Waals surface area contributed by atoms with Crippen molar-refractivity contribution in [2.24, 2.45) is 16.9 Å². The monoisotopic (exact) mass is 142 g/mol. The fourth-order valence-corrected chi connectivity index (χ4v) is 1.56. The Labute approximate surface area is 63.0 Å². The molecule has 4 N–H and O–H groups in total. The summed E-state index contributed by atoms with van der Waals surface area (Å²) in [5.41, 5.74) is 12.0. The highest BCUT2D eigenvalue weighted by Crippen LogP contribution is 2.42. The summed E-state index contributed by atoms with van der Waals surface area (Å²) in [4.78, 5) is 0. The van der Waals surface area contributed by atoms with Gasteiger partial charge < -0.3 is 11.5 Å². The van der Waals surface area contributed by atoms with Gasteiger partial charge in [-0.3, -0.25) is 0 Å². The van der Waals surface area contributed by atoms with E-state index >= 15 is 0 Å². The highest BCUT2D eigenvalue weighted by atomic mass is 14.9. The van der Waals surface area contributed by atoms with Crippen molar-refractivity contribution in [3.63, 3.8) is 0 Å². The fraction of sp³-hybridized carbons (Fsp3) is 1.00. The van der Waals surface area contributed by atoms with Crippen molar-refractivity contribution >= 4 is 0 Å². The van der Waals surface area contributed by atoms with Crippen LogP contribution in [0.1, 0.15) is 33.6 Å². The molecule has 1 fully saturated rings. The molecule has 0 unspecified atom stereocenters.